The molecule has 0 saturated carbocycles. The van der Waals surface area contributed by atoms with Gasteiger partial charge in [-0.1, -0.05) is 12.1 Å². The zero-order valence-corrected chi connectivity index (χ0v) is 16.5. The lowest BCUT2D eigenvalue weighted by Crippen LogP contribution is -2.39. The first-order valence-electron chi connectivity index (χ1n) is 10.1. The molecule has 1 N–H and O–H groups in total. The van der Waals surface area contributed by atoms with Crippen molar-refractivity contribution in [2.75, 3.05) is 18.7 Å². The van der Waals surface area contributed by atoms with Gasteiger partial charge in [0, 0.05) is 35.8 Å². The summed E-state index contributed by atoms with van der Waals surface area (Å²) in [5.74, 6) is 2.25. The number of hydrogen-bond acceptors (Lipinski definition) is 6. The third kappa shape index (κ3) is 3.71. The summed E-state index contributed by atoms with van der Waals surface area (Å²) in [7, 11) is 0. The highest BCUT2D eigenvalue weighted by Gasteiger charge is 2.32. The number of aromatic nitrogens is 2. The van der Waals surface area contributed by atoms with Gasteiger partial charge in [0.1, 0.15) is 0 Å². The lowest BCUT2D eigenvalue weighted by molar-refractivity contribution is -0.120. The number of carbonyl (C=O) groups excluding carboxylic acids is 1. The number of benzene rings is 2. The Kier molecular flexibility index (Phi) is 5.03. The molecule has 7 heteroatoms. The zero-order valence-electron chi connectivity index (χ0n) is 16.5. The Morgan fingerprint density at radius 2 is 1.90 bits per heavy atom. The third-order valence-electron chi connectivity index (χ3n) is 5.49. The van der Waals surface area contributed by atoms with Gasteiger partial charge in [0.25, 0.3) is 0 Å². The van der Waals surface area contributed by atoms with E-state index >= 15 is 0 Å². The molecule has 7 nitrogen and oxygen atoms in total. The molecule has 0 unspecified atom stereocenters. The first-order valence-corrected chi connectivity index (χ1v) is 10.1. The lowest BCUT2D eigenvalue weighted by atomic mass is 10.1. The second-order valence-electron chi connectivity index (χ2n) is 7.42. The summed E-state index contributed by atoms with van der Waals surface area (Å²) in [6.07, 6.45) is 5.26. The number of ether oxygens (including phenoxy) is 2. The molecule has 152 valence electrons. The highest BCUT2D eigenvalue weighted by molar-refractivity contribution is 5.95. The number of nitrogens with zero attached hydrogens (tertiary/aromatic N) is 3. The molecular weight excluding hydrogens is 380 g/mol. The second-order valence-corrected chi connectivity index (χ2v) is 7.42. The van der Waals surface area contributed by atoms with Gasteiger partial charge in [0.05, 0.1) is 6.04 Å². The number of para-hydroxylation sites is 1. The van der Waals surface area contributed by atoms with E-state index < -0.39 is 0 Å². The average molecular weight is 402 g/mol. The topological polar surface area (TPSA) is 76.6 Å². The van der Waals surface area contributed by atoms with Crippen molar-refractivity contribution in [2.24, 2.45) is 0 Å². The predicted octanol–water partition coefficient (Wildman–Crippen LogP) is 3.48. The van der Waals surface area contributed by atoms with Gasteiger partial charge in [-0.15, -0.1) is 0 Å². The smallest absolute Gasteiger partial charge is 0.241 e. The molecule has 30 heavy (non-hydrogen) atoms. The summed E-state index contributed by atoms with van der Waals surface area (Å²) in [5, 5.41) is 3.05. The molecule has 1 aromatic heterocycles. The maximum Gasteiger partial charge on any atom is 0.241 e. The first-order chi connectivity index (χ1) is 14.8. The van der Waals surface area contributed by atoms with Crippen molar-refractivity contribution >= 4 is 11.6 Å². The number of carbonyl (C=O) groups is 1. The minimum Gasteiger partial charge on any atom is -0.454 e. The van der Waals surface area contributed by atoms with Crippen molar-refractivity contribution in [2.45, 2.75) is 25.4 Å². The number of rotatable bonds is 5. The van der Waals surface area contributed by atoms with Crippen LogP contribution < -0.4 is 14.8 Å². The highest BCUT2D eigenvalue weighted by Crippen LogP contribution is 2.37. The molecule has 1 saturated heterocycles. The van der Waals surface area contributed by atoms with Crippen LogP contribution in [0.1, 0.15) is 18.4 Å². The van der Waals surface area contributed by atoms with Crippen LogP contribution in [0.15, 0.2) is 60.9 Å². The average Bonchev–Trinajstić information content (AvgIpc) is 3.45. The highest BCUT2D eigenvalue weighted by atomic mass is 16.7. The fraction of sp³-hybridized carbons (Fsp3) is 0.261. The summed E-state index contributed by atoms with van der Waals surface area (Å²) >= 11 is 0. The normalized spacial score (nSPS) is 17.8. The van der Waals surface area contributed by atoms with E-state index in [4.69, 9.17) is 9.47 Å². The Bertz CT molecular complexity index is 1040. The zero-order chi connectivity index (χ0) is 20.3. The van der Waals surface area contributed by atoms with E-state index in [1.165, 1.54) is 0 Å². The molecule has 0 aliphatic carbocycles. The Morgan fingerprint density at radius 3 is 2.73 bits per heavy atom. The third-order valence-corrected chi connectivity index (χ3v) is 5.49. The minimum atomic E-state index is -0.166. The maximum absolute atomic E-state index is 13.0. The van der Waals surface area contributed by atoms with Gasteiger partial charge in [-0.05, 0) is 55.8 Å². The molecule has 0 radical (unpaired) electrons. The van der Waals surface area contributed by atoms with Gasteiger partial charge in [-0.25, -0.2) is 9.97 Å². The van der Waals surface area contributed by atoms with Crippen molar-refractivity contribution < 1.29 is 14.3 Å². The Hall–Kier alpha value is -3.45. The molecule has 3 aromatic rings. The summed E-state index contributed by atoms with van der Waals surface area (Å²) < 4.78 is 11.1. The summed E-state index contributed by atoms with van der Waals surface area (Å²) in [6, 6.07) is 15.1. The molecule has 2 aromatic carbocycles. The Morgan fingerprint density at radius 1 is 1.07 bits per heavy atom. The van der Waals surface area contributed by atoms with Crippen LogP contribution in [0.2, 0.25) is 0 Å². The molecular formula is C23H22N4O3. The summed E-state index contributed by atoms with van der Waals surface area (Å²) in [6.45, 7) is 1.79. The van der Waals surface area contributed by atoms with Crippen LogP contribution in [0.25, 0.3) is 11.4 Å². The van der Waals surface area contributed by atoms with Gasteiger partial charge in [-0.2, -0.15) is 0 Å². The van der Waals surface area contributed by atoms with E-state index in [2.05, 4.69) is 20.2 Å². The van der Waals surface area contributed by atoms with Gasteiger partial charge >= 0.3 is 0 Å². The lowest BCUT2D eigenvalue weighted by Gasteiger charge is -2.24. The van der Waals surface area contributed by atoms with Gasteiger partial charge in [0.15, 0.2) is 17.3 Å². The van der Waals surface area contributed by atoms with Crippen LogP contribution in [0.3, 0.4) is 0 Å². The summed E-state index contributed by atoms with van der Waals surface area (Å²) in [5.41, 5.74) is 2.73. The molecule has 1 fully saturated rings. The van der Waals surface area contributed by atoms with Crippen molar-refractivity contribution in [1.29, 1.82) is 0 Å². The number of nitrogens with one attached hydrogen (secondary N) is 1. The molecule has 5 rings (SSSR count). The Balaban J connectivity index is 1.26. The van der Waals surface area contributed by atoms with Crippen LogP contribution in [-0.4, -0.2) is 40.2 Å². The van der Waals surface area contributed by atoms with Gasteiger partial charge < -0.3 is 14.8 Å². The van der Waals surface area contributed by atoms with Crippen LogP contribution in [0.4, 0.5) is 5.69 Å². The van der Waals surface area contributed by atoms with Gasteiger partial charge in [-0.3, -0.25) is 9.69 Å². The molecule has 2 aliphatic rings. The SMILES string of the molecule is O=C(Nc1ccc(-c2ncccn2)cc1)[C@H]1CCCN1Cc1cccc2c1OCO2. The van der Waals surface area contributed by atoms with E-state index in [1.54, 1.807) is 18.5 Å². The number of anilines is 1. The fourth-order valence-electron chi connectivity index (χ4n) is 4.02. The monoisotopic (exact) mass is 402 g/mol. The van der Waals surface area contributed by atoms with Gasteiger partial charge in [0.2, 0.25) is 12.7 Å². The van der Waals surface area contributed by atoms with Crippen LogP contribution in [-0.2, 0) is 11.3 Å². The number of hydrogen-bond donors (Lipinski definition) is 1. The molecule has 1 amide bonds. The van der Waals surface area contributed by atoms with Crippen molar-refractivity contribution in [3.8, 4) is 22.9 Å². The Labute approximate surface area is 174 Å². The second kappa shape index (κ2) is 8.12. The van der Waals surface area contributed by atoms with Crippen molar-refractivity contribution in [1.82, 2.24) is 14.9 Å². The van der Waals surface area contributed by atoms with E-state index in [1.807, 2.05) is 42.5 Å². The van der Waals surface area contributed by atoms with Crippen LogP contribution in [0, 0.1) is 0 Å². The van der Waals surface area contributed by atoms with Crippen molar-refractivity contribution in [3.63, 3.8) is 0 Å². The maximum atomic E-state index is 13.0. The predicted molar refractivity (Wildman–Crippen MR) is 112 cm³/mol. The van der Waals surface area contributed by atoms with E-state index in [-0.39, 0.29) is 18.7 Å². The number of amides is 1. The van der Waals surface area contributed by atoms with E-state index in [0.29, 0.717) is 12.4 Å². The van der Waals surface area contributed by atoms with Crippen LogP contribution in [0.5, 0.6) is 11.5 Å². The largest absolute Gasteiger partial charge is 0.454 e. The molecule has 3 heterocycles. The molecule has 2 aliphatic heterocycles. The number of likely N-dealkylation sites (tertiary alicyclic amines) is 1. The molecule has 0 bridgehead atoms. The van der Waals surface area contributed by atoms with E-state index in [9.17, 15) is 4.79 Å². The molecule has 0 spiro atoms. The number of fused-ring (bicyclic) bond motifs is 1. The minimum absolute atomic E-state index is 0.0148. The van der Waals surface area contributed by atoms with Crippen LogP contribution >= 0.6 is 0 Å². The fourth-order valence-corrected chi connectivity index (χ4v) is 4.02. The summed E-state index contributed by atoms with van der Waals surface area (Å²) in [4.78, 5) is 23.7. The molecule has 1 atom stereocenters. The quantitative estimate of drug-likeness (QED) is 0.704. The first kappa shape index (κ1) is 18.6. The van der Waals surface area contributed by atoms with Crippen molar-refractivity contribution in [3.05, 3.63) is 66.5 Å². The van der Waals surface area contributed by atoms with E-state index in [0.717, 1.165) is 47.7 Å². The standard InChI is InChI=1S/C23H22N4O3/c28-23(26-18-9-7-16(8-10-18)22-24-11-3-12-25-22)19-5-2-13-27(19)14-17-4-1-6-20-21(17)30-15-29-20/h1,3-4,6-12,19H,2,5,13-15H2,(H,26,28)/t19-/m1/s1.